The van der Waals surface area contributed by atoms with Gasteiger partial charge < -0.3 is 15.5 Å². The maximum absolute atomic E-state index is 4.54. The molecule has 1 aromatic rings. The average Bonchev–Trinajstić information content (AvgIpc) is 2.65. The van der Waals surface area contributed by atoms with Crippen LogP contribution >= 0.6 is 11.8 Å². The number of anilines is 1. The summed E-state index contributed by atoms with van der Waals surface area (Å²) in [7, 11) is 1.82. The van der Waals surface area contributed by atoms with E-state index < -0.39 is 0 Å². The van der Waals surface area contributed by atoms with Crippen molar-refractivity contribution in [1.82, 2.24) is 15.6 Å². The molecule has 0 saturated carbocycles. The number of aromatic nitrogens is 1. The molecule has 2 heterocycles. The predicted octanol–water partition coefficient (Wildman–Crippen LogP) is 2.88. The van der Waals surface area contributed by atoms with E-state index in [9.17, 15) is 0 Å². The molecule has 0 aliphatic carbocycles. The van der Waals surface area contributed by atoms with Crippen molar-refractivity contribution in [2.75, 3.05) is 43.6 Å². The molecular weight excluding hydrogens is 318 g/mol. The third-order valence-electron chi connectivity index (χ3n) is 4.24. The Balaban J connectivity index is 1.77. The number of pyridine rings is 1. The van der Waals surface area contributed by atoms with Gasteiger partial charge in [0.05, 0.1) is 0 Å². The fourth-order valence-corrected chi connectivity index (χ4v) is 3.34. The largest absolute Gasteiger partial charge is 0.357 e. The summed E-state index contributed by atoms with van der Waals surface area (Å²) in [6.45, 7) is 4.00. The summed E-state index contributed by atoms with van der Waals surface area (Å²) in [5, 5.41) is 6.77. The highest BCUT2D eigenvalue weighted by Crippen LogP contribution is 2.18. The van der Waals surface area contributed by atoms with E-state index in [2.05, 4.69) is 43.9 Å². The second-order valence-electron chi connectivity index (χ2n) is 6.12. The number of piperidine rings is 1. The lowest BCUT2D eigenvalue weighted by Crippen LogP contribution is -2.37. The van der Waals surface area contributed by atoms with Crippen LogP contribution < -0.4 is 15.5 Å². The van der Waals surface area contributed by atoms with Crippen LogP contribution in [-0.2, 0) is 6.54 Å². The lowest BCUT2D eigenvalue weighted by Gasteiger charge is -2.28. The highest BCUT2D eigenvalue weighted by atomic mass is 32.2. The summed E-state index contributed by atoms with van der Waals surface area (Å²) in [6.07, 6.45) is 10.4. The second kappa shape index (κ2) is 11.2. The number of nitrogens with zero attached hydrogens (tertiary/aromatic N) is 3. The van der Waals surface area contributed by atoms with Crippen LogP contribution in [0, 0.1) is 0 Å². The Kier molecular flexibility index (Phi) is 8.81. The Bertz CT molecular complexity index is 500. The fourth-order valence-electron chi connectivity index (χ4n) is 2.85. The van der Waals surface area contributed by atoms with Crippen molar-refractivity contribution >= 4 is 23.5 Å². The number of nitrogens with one attached hydrogen (secondary N) is 2. The van der Waals surface area contributed by atoms with E-state index in [1.807, 2.05) is 25.0 Å². The SMILES string of the molecule is CN=C(NCCCCSC)NCc1ccnc(N2CCCCC2)c1. The zero-order valence-corrected chi connectivity index (χ0v) is 15.9. The van der Waals surface area contributed by atoms with E-state index in [1.54, 1.807) is 0 Å². The van der Waals surface area contributed by atoms with Gasteiger partial charge in [-0.25, -0.2) is 4.98 Å². The molecule has 1 fully saturated rings. The third-order valence-corrected chi connectivity index (χ3v) is 4.94. The Hall–Kier alpha value is -1.43. The lowest BCUT2D eigenvalue weighted by atomic mass is 10.1. The molecule has 1 aliphatic heterocycles. The van der Waals surface area contributed by atoms with Gasteiger partial charge in [0.15, 0.2) is 5.96 Å². The Morgan fingerprint density at radius 2 is 2.08 bits per heavy atom. The van der Waals surface area contributed by atoms with Crippen molar-refractivity contribution < 1.29 is 0 Å². The van der Waals surface area contributed by atoms with Crippen molar-refractivity contribution in [1.29, 1.82) is 0 Å². The molecule has 2 N–H and O–H groups in total. The number of hydrogen-bond acceptors (Lipinski definition) is 4. The minimum atomic E-state index is 0.772. The van der Waals surface area contributed by atoms with Gasteiger partial charge in [0.2, 0.25) is 0 Å². The number of unbranched alkanes of at least 4 members (excludes halogenated alkanes) is 1. The first-order valence-electron chi connectivity index (χ1n) is 8.97. The van der Waals surface area contributed by atoms with Crippen LogP contribution in [0.15, 0.2) is 23.3 Å². The number of hydrogen-bond donors (Lipinski definition) is 2. The van der Waals surface area contributed by atoms with Crippen LogP contribution in [-0.4, -0.2) is 49.6 Å². The summed E-state index contributed by atoms with van der Waals surface area (Å²) < 4.78 is 0. The van der Waals surface area contributed by atoms with Crippen LogP contribution in [0.4, 0.5) is 5.82 Å². The third kappa shape index (κ3) is 6.59. The van der Waals surface area contributed by atoms with E-state index in [4.69, 9.17) is 0 Å². The molecule has 1 aromatic heterocycles. The van der Waals surface area contributed by atoms with Gasteiger partial charge in [-0.2, -0.15) is 11.8 Å². The molecule has 0 unspecified atom stereocenters. The highest BCUT2D eigenvalue weighted by molar-refractivity contribution is 7.98. The average molecular weight is 350 g/mol. The molecule has 6 heteroatoms. The van der Waals surface area contributed by atoms with E-state index in [-0.39, 0.29) is 0 Å². The molecule has 0 amide bonds. The highest BCUT2D eigenvalue weighted by Gasteiger charge is 2.12. The van der Waals surface area contributed by atoms with Gasteiger partial charge in [-0.15, -0.1) is 0 Å². The quantitative estimate of drug-likeness (QED) is 0.429. The standard InChI is InChI=1S/C18H31N5S/c1-19-18(21-9-4-7-13-24-2)22-15-16-8-10-20-17(14-16)23-11-5-3-6-12-23/h8,10,14H,3-7,9,11-13,15H2,1-2H3,(H2,19,21,22). The summed E-state index contributed by atoms with van der Waals surface area (Å²) in [5.41, 5.74) is 1.25. The molecule has 0 radical (unpaired) electrons. The topological polar surface area (TPSA) is 52.6 Å². The van der Waals surface area contributed by atoms with Crippen molar-refractivity contribution in [2.24, 2.45) is 4.99 Å². The van der Waals surface area contributed by atoms with Crippen LogP contribution in [0.3, 0.4) is 0 Å². The molecule has 134 valence electrons. The van der Waals surface area contributed by atoms with Gasteiger partial charge >= 0.3 is 0 Å². The zero-order chi connectivity index (χ0) is 17.0. The molecule has 1 saturated heterocycles. The number of rotatable bonds is 8. The van der Waals surface area contributed by atoms with Crippen molar-refractivity contribution in [2.45, 2.75) is 38.6 Å². The second-order valence-corrected chi connectivity index (χ2v) is 7.11. The molecule has 0 bridgehead atoms. The number of aliphatic imine (C=N–C) groups is 1. The smallest absolute Gasteiger partial charge is 0.191 e. The maximum atomic E-state index is 4.54. The summed E-state index contributed by atoms with van der Waals surface area (Å²) in [4.78, 5) is 11.2. The molecule has 1 aliphatic rings. The minimum Gasteiger partial charge on any atom is -0.357 e. The van der Waals surface area contributed by atoms with E-state index in [0.717, 1.165) is 38.0 Å². The first-order valence-corrected chi connectivity index (χ1v) is 10.4. The van der Waals surface area contributed by atoms with Gasteiger partial charge in [0.25, 0.3) is 0 Å². The minimum absolute atomic E-state index is 0.772. The van der Waals surface area contributed by atoms with Crippen LogP contribution in [0.25, 0.3) is 0 Å². The fraction of sp³-hybridized carbons (Fsp3) is 0.667. The Morgan fingerprint density at radius 3 is 2.83 bits per heavy atom. The van der Waals surface area contributed by atoms with Gasteiger partial charge in [-0.05, 0) is 61.8 Å². The molecule has 0 atom stereocenters. The van der Waals surface area contributed by atoms with Gasteiger partial charge in [0, 0.05) is 39.4 Å². The number of guanidine groups is 1. The van der Waals surface area contributed by atoms with Crippen LogP contribution in [0.2, 0.25) is 0 Å². The summed E-state index contributed by atoms with van der Waals surface area (Å²) in [6, 6.07) is 4.27. The molecule has 2 rings (SSSR count). The molecule has 0 aromatic carbocycles. The predicted molar refractivity (Wildman–Crippen MR) is 106 cm³/mol. The lowest BCUT2D eigenvalue weighted by molar-refractivity contribution is 0.573. The first kappa shape index (κ1) is 18.9. The molecular formula is C18H31N5S. The van der Waals surface area contributed by atoms with Gasteiger partial charge in [-0.1, -0.05) is 0 Å². The van der Waals surface area contributed by atoms with Crippen LogP contribution in [0.5, 0.6) is 0 Å². The summed E-state index contributed by atoms with van der Waals surface area (Å²) in [5.74, 6) is 3.20. The Labute approximate surface area is 150 Å². The van der Waals surface area contributed by atoms with E-state index in [1.165, 1.54) is 43.4 Å². The van der Waals surface area contributed by atoms with Crippen molar-refractivity contribution in [3.63, 3.8) is 0 Å². The van der Waals surface area contributed by atoms with Crippen molar-refractivity contribution in [3.05, 3.63) is 23.9 Å². The molecule has 24 heavy (non-hydrogen) atoms. The first-order chi connectivity index (χ1) is 11.8. The Morgan fingerprint density at radius 1 is 1.25 bits per heavy atom. The maximum Gasteiger partial charge on any atom is 0.191 e. The molecule has 0 spiro atoms. The van der Waals surface area contributed by atoms with Gasteiger partial charge in [0.1, 0.15) is 5.82 Å². The van der Waals surface area contributed by atoms with E-state index in [0.29, 0.717) is 0 Å². The molecule has 5 nitrogen and oxygen atoms in total. The van der Waals surface area contributed by atoms with E-state index >= 15 is 0 Å². The summed E-state index contributed by atoms with van der Waals surface area (Å²) >= 11 is 1.90. The van der Waals surface area contributed by atoms with Crippen molar-refractivity contribution in [3.8, 4) is 0 Å². The monoisotopic (exact) mass is 349 g/mol. The number of thioether (sulfide) groups is 1. The normalized spacial score (nSPS) is 15.4. The van der Waals surface area contributed by atoms with Crippen LogP contribution in [0.1, 0.15) is 37.7 Å². The van der Waals surface area contributed by atoms with Gasteiger partial charge in [-0.3, -0.25) is 4.99 Å². The zero-order valence-electron chi connectivity index (χ0n) is 15.1.